The Bertz CT molecular complexity index is 1110. The van der Waals surface area contributed by atoms with Gasteiger partial charge in [-0.05, 0) is 48.2 Å². The quantitative estimate of drug-likeness (QED) is 0.472. The summed E-state index contributed by atoms with van der Waals surface area (Å²) in [5, 5.41) is 9.27. The topological polar surface area (TPSA) is 76.1 Å². The van der Waals surface area contributed by atoms with Gasteiger partial charge in [-0.25, -0.2) is 4.79 Å². The molecule has 0 bridgehead atoms. The molecule has 3 rings (SSSR count). The number of carboxylic acids is 1. The average Bonchev–Trinajstić information content (AvgIpc) is 2.81. The number of benzene rings is 3. The molecule has 6 heteroatoms. The molecule has 0 fully saturated rings. The zero-order chi connectivity index (χ0) is 23.8. The van der Waals surface area contributed by atoms with Gasteiger partial charge in [0.1, 0.15) is 12.4 Å². The number of aryl methyl sites for hydroxylation is 1. The molecule has 33 heavy (non-hydrogen) atoms. The third kappa shape index (κ3) is 6.35. The number of methoxy groups -OCH3 is 1. The Kier molecular flexibility index (Phi) is 8.08. The van der Waals surface area contributed by atoms with Crippen LogP contribution in [0.4, 0.5) is 4.79 Å². The highest BCUT2D eigenvalue weighted by molar-refractivity contribution is 5.75. The smallest absolute Gasteiger partial charge is 0.410 e. The molecule has 0 saturated carbocycles. The molecule has 1 N–H and O–H groups in total. The number of nitrogens with zero attached hydrogens (tertiary/aromatic N) is 1. The van der Waals surface area contributed by atoms with Crippen molar-refractivity contribution < 1.29 is 24.2 Å². The minimum Gasteiger partial charge on any atom is -0.496 e. The van der Waals surface area contributed by atoms with E-state index in [-0.39, 0.29) is 19.1 Å². The van der Waals surface area contributed by atoms with Crippen molar-refractivity contribution in [2.45, 2.75) is 33.4 Å². The summed E-state index contributed by atoms with van der Waals surface area (Å²) >= 11 is 0. The number of aliphatic carboxylic acids is 1. The fraction of sp³-hybridized carbons (Fsp3) is 0.259. The second kappa shape index (κ2) is 11.2. The van der Waals surface area contributed by atoms with E-state index in [4.69, 9.17) is 9.47 Å². The molecular weight excluding hydrogens is 418 g/mol. The maximum atomic E-state index is 12.8. The molecule has 0 spiro atoms. The van der Waals surface area contributed by atoms with Gasteiger partial charge in [0.2, 0.25) is 0 Å². The van der Waals surface area contributed by atoms with Crippen molar-refractivity contribution in [2.24, 2.45) is 0 Å². The molecule has 0 aliphatic carbocycles. The standard InChI is InChI=1S/C27H29NO5/c1-4-28(27(31)33-18-20-8-6-5-7-9-20)17-23-14-19(2)10-12-24(23)21-11-13-25(32-3)22(15-21)16-26(29)30/h5-15H,4,16-18H2,1-3H3,(H,29,30). The van der Waals surface area contributed by atoms with Gasteiger partial charge < -0.3 is 19.5 Å². The summed E-state index contributed by atoms with van der Waals surface area (Å²) in [6.45, 7) is 5.00. The summed E-state index contributed by atoms with van der Waals surface area (Å²) in [7, 11) is 1.53. The lowest BCUT2D eigenvalue weighted by molar-refractivity contribution is -0.136. The van der Waals surface area contributed by atoms with Crippen LogP contribution < -0.4 is 4.74 Å². The number of hydrogen-bond donors (Lipinski definition) is 1. The number of amides is 1. The lowest BCUT2D eigenvalue weighted by Crippen LogP contribution is -2.31. The molecule has 0 radical (unpaired) electrons. The molecule has 0 aliphatic heterocycles. The second-order valence-corrected chi connectivity index (χ2v) is 7.81. The SMILES string of the molecule is CCN(Cc1cc(C)ccc1-c1ccc(OC)c(CC(=O)O)c1)C(=O)OCc1ccccc1. The minimum atomic E-state index is -0.923. The Morgan fingerprint density at radius 3 is 2.39 bits per heavy atom. The molecule has 0 unspecified atom stereocenters. The van der Waals surface area contributed by atoms with E-state index in [0.29, 0.717) is 24.4 Å². The molecule has 172 valence electrons. The van der Waals surface area contributed by atoms with Gasteiger partial charge in [0.05, 0.1) is 13.5 Å². The fourth-order valence-electron chi connectivity index (χ4n) is 3.70. The first-order valence-electron chi connectivity index (χ1n) is 10.9. The van der Waals surface area contributed by atoms with Gasteiger partial charge in [-0.3, -0.25) is 4.79 Å². The van der Waals surface area contributed by atoms with Gasteiger partial charge in [-0.2, -0.15) is 0 Å². The fourth-order valence-corrected chi connectivity index (χ4v) is 3.70. The molecule has 0 aromatic heterocycles. The number of ether oxygens (including phenoxy) is 2. The van der Waals surface area contributed by atoms with E-state index in [1.54, 1.807) is 11.0 Å². The van der Waals surface area contributed by atoms with E-state index in [1.165, 1.54) is 7.11 Å². The van der Waals surface area contributed by atoms with Crippen LogP contribution in [0.5, 0.6) is 5.75 Å². The van der Waals surface area contributed by atoms with Crippen molar-refractivity contribution in [1.29, 1.82) is 0 Å². The molecule has 3 aromatic rings. The van der Waals surface area contributed by atoms with Gasteiger partial charge in [0.25, 0.3) is 0 Å². The van der Waals surface area contributed by atoms with Crippen LogP contribution in [0.3, 0.4) is 0 Å². The average molecular weight is 448 g/mol. The van der Waals surface area contributed by atoms with Crippen LogP contribution in [0.25, 0.3) is 11.1 Å². The lowest BCUT2D eigenvalue weighted by atomic mass is 9.95. The molecule has 0 saturated heterocycles. The van der Waals surface area contributed by atoms with Crippen LogP contribution in [0.1, 0.15) is 29.2 Å². The van der Waals surface area contributed by atoms with Crippen LogP contribution in [0, 0.1) is 6.92 Å². The number of carboxylic acid groups (broad SMARTS) is 1. The number of rotatable bonds is 9. The summed E-state index contributed by atoms with van der Waals surface area (Å²) in [4.78, 5) is 25.7. The Balaban J connectivity index is 1.86. The Morgan fingerprint density at radius 2 is 1.73 bits per heavy atom. The number of carbonyl (C=O) groups excluding carboxylic acids is 1. The third-order valence-electron chi connectivity index (χ3n) is 5.40. The summed E-state index contributed by atoms with van der Waals surface area (Å²) in [6.07, 6.45) is -0.513. The summed E-state index contributed by atoms with van der Waals surface area (Å²) in [6, 6.07) is 21.1. The van der Waals surface area contributed by atoms with Crippen LogP contribution in [0.2, 0.25) is 0 Å². The van der Waals surface area contributed by atoms with Crippen LogP contribution in [0.15, 0.2) is 66.7 Å². The summed E-state index contributed by atoms with van der Waals surface area (Å²) in [5.74, 6) is -0.387. The van der Waals surface area contributed by atoms with Crippen molar-refractivity contribution in [2.75, 3.05) is 13.7 Å². The van der Waals surface area contributed by atoms with Crippen molar-refractivity contribution in [3.63, 3.8) is 0 Å². The van der Waals surface area contributed by atoms with E-state index >= 15 is 0 Å². The summed E-state index contributed by atoms with van der Waals surface area (Å²) in [5.41, 5.74) is 5.37. The van der Waals surface area contributed by atoms with E-state index in [9.17, 15) is 14.7 Å². The first-order valence-corrected chi connectivity index (χ1v) is 10.9. The van der Waals surface area contributed by atoms with Crippen molar-refractivity contribution >= 4 is 12.1 Å². The van der Waals surface area contributed by atoms with Gasteiger partial charge in [-0.1, -0.05) is 60.2 Å². The number of hydrogen-bond acceptors (Lipinski definition) is 4. The zero-order valence-electron chi connectivity index (χ0n) is 19.2. The Hall–Kier alpha value is -3.80. The first-order chi connectivity index (χ1) is 15.9. The highest BCUT2D eigenvalue weighted by Gasteiger charge is 2.18. The molecule has 3 aromatic carbocycles. The van der Waals surface area contributed by atoms with Gasteiger partial charge in [-0.15, -0.1) is 0 Å². The van der Waals surface area contributed by atoms with Gasteiger partial charge in [0, 0.05) is 18.7 Å². The van der Waals surface area contributed by atoms with E-state index in [0.717, 1.165) is 27.8 Å². The maximum Gasteiger partial charge on any atom is 0.410 e. The van der Waals surface area contributed by atoms with E-state index in [2.05, 4.69) is 0 Å². The van der Waals surface area contributed by atoms with Crippen LogP contribution in [-0.4, -0.2) is 35.7 Å². The van der Waals surface area contributed by atoms with Crippen molar-refractivity contribution in [1.82, 2.24) is 4.90 Å². The van der Waals surface area contributed by atoms with Gasteiger partial charge in [0.15, 0.2) is 0 Å². The van der Waals surface area contributed by atoms with Crippen LogP contribution >= 0.6 is 0 Å². The van der Waals surface area contributed by atoms with Crippen molar-refractivity contribution in [3.05, 3.63) is 89.0 Å². The maximum absolute atomic E-state index is 12.8. The highest BCUT2D eigenvalue weighted by atomic mass is 16.6. The predicted octanol–water partition coefficient (Wildman–Crippen LogP) is 5.46. The monoisotopic (exact) mass is 447 g/mol. The van der Waals surface area contributed by atoms with E-state index in [1.807, 2.05) is 74.5 Å². The molecule has 6 nitrogen and oxygen atoms in total. The minimum absolute atomic E-state index is 0.134. The molecule has 0 aliphatic rings. The first kappa shape index (κ1) is 23.9. The van der Waals surface area contributed by atoms with Gasteiger partial charge >= 0.3 is 12.1 Å². The molecule has 0 atom stereocenters. The number of carbonyl (C=O) groups is 2. The third-order valence-corrected chi connectivity index (χ3v) is 5.40. The second-order valence-electron chi connectivity index (χ2n) is 7.81. The summed E-state index contributed by atoms with van der Waals surface area (Å²) < 4.78 is 10.9. The zero-order valence-corrected chi connectivity index (χ0v) is 19.2. The molecular formula is C27H29NO5. The van der Waals surface area contributed by atoms with E-state index < -0.39 is 5.97 Å². The molecule has 1 amide bonds. The molecule has 0 heterocycles. The Morgan fingerprint density at radius 1 is 0.970 bits per heavy atom. The van der Waals surface area contributed by atoms with Crippen LogP contribution in [-0.2, 0) is 29.1 Å². The normalized spacial score (nSPS) is 10.5. The lowest BCUT2D eigenvalue weighted by Gasteiger charge is -2.23. The Labute approximate surface area is 194 Å². The highest BCUT2D eigenvalue weighted by Crippen LogP contribution is 2.31. The predicted molar refractivity (Wildman–Crippen MR) is 127 cm³/mol. The van der Waals surface area contributed by atoms with Crippen molar-refractivity contribution in [3.8, 4) is 16.9 Å². The largest absolute Gasteiger partial charge is 0.496 e.